The summed E-state index contributed by atoms with van der Waals surface area (Å²) in [4.78, 5) is 0. The van der Waals surface area contributed by atoms with Gasteiger partial charge in [0.1, 0.15) is 0 Å². The minimum absolute atomic E-state index is 0.474. The van der Waals surface area contributed by atoms with Crippen molar-refractivity contribution in [1.82, 2.24) is 0 Å². The van der Waals surface area contributed by atoms with E-state index < -0.39 is 0 Å². The highest BCUT2D eigenvalue weighted by molar-refractivity contribution is 7.57. The van der Waals surface area contributed by atoms with Gasteiger partial charge in [-0.2, -0.15) is 0 Å². The topological polar surface area (TPSA) is 0 Å². The summed E-state index contributed by atoms with van der Waals surface area (Å²) in [5.74, 6) is 0. The first-order valence-electron chi connectivity index (χ1n) is 3.01. The monoisotopic (exact) mass is 116 g/mol. The van der Waals surface area contributed by atoms with E-state index in [0.29, 0.717) is 7.92 Å². The Balaban J connectivity index is 2.33. The second-order valence-electron chi connectivity index (χ2n) is 2.47. The van der Waals surface area contributed by atoms with Gasteiger partial charge in [-0.3, -0.25) is 0 Å². The van der Waals surface area contributed by atoms with Crippen molar-refractivity contribution >= 4 is 7.92 Å². The van der Waals surface area contributed by atoms with E-state index in [2.05, 4.69) is 13.6 Å². The van der Waals surface area contributed by atoms with E-state index in [4.69, 9.17) is 0 Å². The fraction of sp³-hybridized carbons (Fsp3) is 1.00. The Kier molecular flexibility index (Phi) is 1.69. The molecule has 7 heavy (non-hydrogen) atoms. The molecule has 1 aliphatic rings. The highest BCUT2D eigenvalue weighted by atomic mass is 31.1. The van der Waals surface area contributed by atoms with Crippen LogP contribution >= 0.6 is 7.92 Å². The minimum atomic E-state index is 0.474. The van der Waals surface area contributed by atoms with Crippen molar-refractivity contribution < 1.29 is 0 Å². The molecule has 42 valence electrons. The summed E-state index contributed by atoms with van der Waals surface area (Å²) in [5, 5.41) is 0. The van der Waals surface area contributed by atoms with Gasteiger partial charge in [0.2, 0.25) is 0 Å². The molecule has 2 atom stereocenters. The van der Waals surface area contributed by atoms with Crippen LogP contribution in [0.3, 0.4) is 0 Å². The van der Waals surface area contributed by atoms with Crippen LogP contribution in [0.25, 0.3) is 0 Å². The van der Waals surface area contributed by atoms with Crippen LogP contribution in [0, 0.1) is 0 Å². The van der Waals surface area contributed by atoms with Crippen LogP contribution in [0.2, 0.25) is 0 Å². The zero-order valence-corrected chi connectivity index (χ0v) is 6.04. The van der Waals surface area contributed by atoms with E-state index in [-0.39, 0.29) is 0 Å². The molecule has 1 aliphatic heterocycles. The van der Waals surface area contributed by atoms with Gasteiger partial charge in [-0.05, 0) is 31.3 Å². The maximum atomic E-state index is 2.42. The Hall–Kier alpha value is 0.430. The molecule has 1 fully saturated rings. The van der Waals surface area contributed by atoms with Crippen molar-refractivity contribution in [2.75, 3.05) is 12.8 Å². The first-order chi connectivity index (χ1) is 3.30. The lowest BCUT2D eigenvalue weighted by atomic mass is 10.3. The summed E-state index contributed by atoms with van der Waals surface area (Å²) in [5.41, 5.74) is 1.08. The predicted molar refractivity (Wildman–Crippen MR) is 36.4 cm³/mol. The van der Waals surface area contributed by atoms with Crippen LogP contribution in [0.1, 0.15) is 19.8 Å². The van der Waals surface area contributed by atoms with E-state index in [1.54, 1.807) is 0 Å². The first kappa shape index (κ1) is 5.56. The molecule has 0 radical (unpaired) electrons. The van der Waals surface area contributed by atoms with E-state index in [1.807, 2.05) is 0 Å². The molecule has 0 amide bonds. The summed E-state index contributed by atoms with van der Waals surface area (Å²) >= 11 is 0. The number of hydrogen-bond donors (Lipinski definition) is 0. The van der Waals surface area contributed by atoms with Gasteiger partial charge in [-0.25, -0.2) is 0 Å². The fourth-order valence-electron chi connectivity index (χ4n) is 1.08. The molecule has 0 bridgehead atoms. The highest BCUT2D eigenvalue weighted by Crippen LogP contribution is 2.45. The first-order valence-corrected chi connectivity index (χ1v) is 5.05. The van der Waals surface area contributed by atoms with Gasteiger partial charge in [-0.15, -0.1) is 7.92 Å². The molecular weight excluding hydrogens is 103 g/mol. The molecule has 0 nitrogen and oxygen atoms in total. The zero-order chi connectivity index (χ0) is 5.28. The molecular formula is C6H13P. The number of rotatable bonds is 0. The van der Waals surface area contributed by atoms with Gasteiger partial charge in [0.15, 0.2) is 0 Å². The third-order valence-corrected chi connectivity index (χ3v) is 4.67. The summed E-state index contributed by atoms with van der Waals surface area (Å²) in [7, 11) is 0.474. The minimum Gasteiger partial charge on any atom is -0.107 e. The standard InChI is InChI=1S/C6H13P/c1-6-4-3-5-7(6)2/h6H,3-5H2,1-2H3/t6-,7+/m0/s1. The summed E-state index contributed by atoms with van der Waals surface area (Å²) < 4.78 is 0. The van der Waals surface area contributed by atoms with Gasteiger partial charge < -0.3 is 0 Å². The van der Waals surface area contributed by atoms with Crippen LogP contribution < -0.4 is 0 Å². The second kappa shape index (κ2) is 2.13. The summed E-state index contributed by atoms with van der Waals surface area (Å²) in [6, 6.07) is 0. The molecule has 0 aliphatic carbocycles. The SMILES string of the molecule is C[C@H]1CCC[P@@]1C. The zero-order valence-electron chi connectivity index (χ0n) is 5.15. The van der Waals surface area contributed by atoms with E-state index in [1.165, 1.54) is 19.0 Å². The summed E-state index contributed by atoms with van der Waals surface area (Å²) in [6.07, 6.45) is 4.54. The maximum absolute atomic E-state index is 2.42. The third kappa shape index (κ3) is 1.16. The van der Waals surface area contributed by atoms with Gasteiger partial charge in [0, 0.05) is 0 Å². The van der Waals surface area contributed by atoms with Crippen molar-refractivity contribution in [3.63, 3.8) is 0 Å². The Morgan fingerprint density at radius 1 is 1.57 bits per heavy atom. The molecule has 0 N–H and O–H groups in total. The molecule has 0 aromatic rings. The Morgan fingerprint density at radius 2 is 2.29 bits per heavy atom. The second-order valence-corrected chi connectivity index (χ2v) is 5.31. The molecule has 0 aromatic carbocycles. The Labute approximate surface area is 47.1 Å². The average molecular weight is 116 g/mol. The summed E-state index contributed by atoms with van der Waals surface area (Å²) in [6.45, 7) is 4.81. The van der Waals surface area contributed by atoms with Gasteiger partial charge in [0.05, 0.1) is 0 Å². The van der Waals surface area contributed by atoms with Crippen LogP contribution in [0.15, 0.2) is 0 Å². The van der Waals surface area contributed by atoms with E-state index >= 15 is 0 Å². The van der Waals surface area contributed by atoms with Crippen molar-refractivity contribution in [2.24, 2.45) is 0 Å². The van der Waals surface area contributed by atoms with Gasteiger partial charge in [-0.1, -0.05) is 6.92 Å². The van der Waals surface area contributed by atoms with Crippen LogP contribution in [-0.4, -0.2) is 18.5 Å². The molecule has 0 aromatic heterocycles. The quantitative estimate of drug-likeness (QED) is 0.426. The smallest absolute Gasteiger partial charge is 0.0240 e. The molecule has 0 saturated carbocycles. The van der Waals surface area contributed by atoms with Gasteiger partial charge in [0.25, 0.3) is 0 Å². The number of hydrogen-bond acceptors (Lipinski definition) is 0. The molecule has 1 rings (SSSR count). The van der Waals surface area contributed by atoms with E-state index in [9.17, 15) is 0 Å². The van der Waals surface area contributed by atoms with Crippen molar-refractivity contribution in [3.8, 4) is 0 Å². The van der Waals surface area contributed by atoms with Crippen LogP contribution in [-0.2, 0) is 0 Å². The normalized spacial score (nSPS) is 42.0. The van der Waals surface area contributed by atoms with Crippen LogP contribution in [0.4, 0.5) is 0 Å². The Bertz CT molecular complexity index is 53.2. The predicted octanol–water partition coefficient (Wildman–Crippen LogP) is 2.28. The lowest BCUT2D eigenvalue weighted by molar-refractivity contribution is 0.836. The molecule has 0 spiro atoms. The van der Waals surface area contributed by atoms with Crippen LogP contribution in [0.5, 0.6) is 0 Å². The average Bonchev–Trinajstić information content (AvgIpc) is 1.91. The maximum Gasteiger partial charge on any atom is -0.0240 e. The fourth-order valence-corrected chi connectivity index (χ4v) is 2.82. The lowest BCUT2D eigenvalue weighted by Gasteiger charge is -2.06. The van der Waals surface area contributed by atoms with Crippen molar-refractivity contribution in [2.45, 2.75) is 25.4 Å². The molecule has 1 saturated heterocycles. The van der Waals surface area contributed by atoms with Crippen molar-refractivity contribution in [3.05, 3.63) is 0 Å². The highest BCUT2D eigenvalue weighted by Gasteiger charge is 2.16. The van der Waals surface area contributed by atoms with Crippen molar-refractivity contribution in [1.29, 1.82) is 0 Å². The Morgan fingerprint density at radius 3 is 2.43 bits per heavy atom. The largest absolute Gasteiger partial charge is 0.107 e. The molecule has 1 heteroatoms. The van der Waals surface area contributed by atoms with Gasteiger partial charge >= 0.3 is 0 Å². The molecule has 0 unspecified atom stereocenters. The lowest BCUT2D eigenvalue weighted by Crippen LogP contribution is -1.87. The van der Waals surface area contributed by atoms with E-state index in [0.717, 1.165) is 5.66 Å². The third-order valence-electron chi connectivity index (χ3n) is 1.89. The molecule has 1 heterocycles.